The van der Waals surface area contributed by atoms with Gasteiger partial charge < -0.3 is 25.8 Å². The predicted octanol–water partition coefficient (Wildman–Crippen LogP) is -2.25. The summed E-state index contributed by atoms with van der Waals surface area (Å²) in [5, 5.41) is 27.7. The number of hydrogen-bond donors (Lipinski definition) is 4. The third kappa shape index (κ3) is 2.42. The Morgan fingerprint density at radius 2 is 2.07 bits per heavy atom. The van der Waals surface area contributed by atoms with Gasteiger partial charge in [0.05, 0.1) is 19.3 Å². The maximum Gasteiger partial charge on any atom is 0.217 e. The Hall–Kier alpha value is -0.690. The second kappa shape index (κ2) is 4.70. The van der Waals surface area contributed by atoms with E-state index in [0.29, 0.717) is 0 Å². The molecule has 4 atom stereocenters. The zero-order valence-electron chi connectivity index (χ0n) is 7.54. The van der Waals surface area contributed by atoms with Gasteiger partial charge in [-0.05, 0) is 0 Å². The number of aliphatic hydroxyl groups is 3. The molecular weight excluding hydrogens is 190 g/mol. The van der Waals surface area contributed by atoms with E-state index in [1.165, 1.54) is 6.61 Å². The highest BCUT2D eigenvalue weighted by molar-refractivity contribution is 5.74. The van der Waals surface area contributed by atoms with Crippen molar-refractivity contribution < 1.29 is 24.9 Å². The summed E-state index contributed by atoms with van der Waals surface area (Å²) in [6.45, 7) is 0.848. The quantitative estimate of drug-likeness (QED) is 0.415. The summed E-state index contributed by atoms with van der Waals surface area (Å²) in [6, 6.07) is 0. The minimum Gasteiger partial charge on any atom is -0.394 e. The van der Waals surface area contributed by atoms with Crippen molar-refractivity contribution in [3.63, 3.8) is 0 Å². The molecule has 1 fully saturated rings. The largest absolute Gasteiger partial charge is 0.394 e. The van der Waals surface area contributed by atoms with E-state index in [1.807, 2.05) is 0 Å². The monoisotopic (exact) mass is 204 g/mol. The molecule has 1 aliphatic rings. The molecule has 4 unspecified atom stereocenters. The Morgan fingerprint density at radius 3 is 2.57 bits per heavy atom. The number of carbonyl (C=O) groups excluding carboxylic acids is 1. The van der Waals surface area contributed by atoms with Crippen LogP contribution in [0, 0.1) is 12.5 Å². The molecule has 81 valence electrons. The van der Waals surface area contributed by atoms with E-state index in [1.54, 1.807) is 0 Å². The first-order chi connectivity index (χ1) is 6.56. The van der Waals surface area contributed by atoms with E-state index >= 15 is 0 Å². The summed E-state index contributed by atoms with van der Waals surface area (Å²) in [7, 11) is 0. The van der Waals surface area contributed by atoms with Crippen molar-refractivity contribution in [3.05, 3.63) is 6.61 Å². The number of aliphatic hydroxyl groups excluding tert-OH is 3. The van der Waals surface area contributed by atoms with Crippen LogP contribution in [0.5, 0.6) is 0 Å². The van der Waals surface area contributed by atoms with Gasteiger partial charge >= 0.3 is 0 Å². The van der Waals surface area contributed by atoms with Gasteiger partial charge in [0.1, 0.15) is 12.2 Å². The van der Waals surface area contributed by atoms with Gasteiger partial charge in [-0.3, -0.25) is 4.79 Å². The van der Waals surface area contributed by atoms with Gasteiger partial charge in [0.25, 0.3) is 0 Å². The zero-order valence-corrected chi connectivity index (χ0v) is 7.54. The molecule has 1 heterocycles. The molecule has 0 bridgehead atoms. The molecule has 6 nitrogen and oxygen atoms in total. The van der Waals surface area contributed by atoms with Crippen LogP contribution in [0.3, 0.4) is 0 Å². The number of ether oxygens (including phenoxy) is 1. The summed E-state index contributed by atoms with van der Waals surface area (Å²) in [6.07, 6.45) is -3.26. The number of rotatable bonds is 3. The Bertz CT molecular complexity index is 210. The Labute approximate surface area is 81.3 Å². The fourth-order valence-electron chi connectivity index (χ4n) is 1.39. The van der Waals surface area contributed by atoms with E-state index in [2.05, 4.69) is 0 Å². The number of hydrogen-bond acceptors (Lipinski definition) is 5. The normalized spacial score (nSPS) is 38.2. The highest BCUT2D eigenvalue weighted by Gasteiger charge is 2.38. The number of carbonyl (C=O) groups is 1. The van der Waals surface area contributed by atoms with Gasteiger partial charge in [0, 0.05) is 12.3 Å². The Morgan fingerprint density at radius 1 is 1.43 bits per heavy atom. The highest BCUT2D eigenvalue weighted by Crippen LogP contribution is 2.25. The number of nitrogens with two attached hydrogens (primary N) is 1. The number of amides is 1. The smallest absolute Gasteiger partial charge is 0.217 e. The molecule has 5 N–H and O–H groups in total. The molecule has 0 aliphatic carbocycles. The summed E-state index contributed by atoms with van der Waals surface area (Å²) in [4.78, 5) is 10.6. The third-order valence-electron chi connectivity index (χ3n) is 2.21. The van der Waals surface area contributed by atoms with Gasteiger partial charge in [-0.1, -0.05) is 0 Å². The molecule has 1 aliphatic heterocycles. The first-order valence-corrected chi connectivity index (χ1v) is 4.30. The van der Waals surface area contributed by atoms with Gasteiger partial charge in [-0.15, -0.1) is 0 Å². The lowest BCUT2D eigenvalue weighted by Crippen LogP contribution is -2.50. The molecule has 14 heavy (non-hydrogen) atoms. The van der Waals surface area contributed by atoms with Crippen LogP contribution in [0.25, 0.3) is 0 Å². The first kappa shape index (κ1) is 11.4. The second-order valence-electron chi connectivity index (χ2n) is 3.31. The van der Waals surface area contributed by atoms with Crippen LogP contribution in [0.1, 0.15) is 6.42 Å². The molecule has 1 amide bonds. The summed E-state index contributed by atoms with van der Waals surface area (Å²) >= 11 is 0. The van der Waals surface area contributed by atoms with Crippen molar-refractivity contribution >= 4 is 5.91 Å². The molecule has 0 saturated carbocycles. The van der Waals surface area contributed by atoms with Gasteiger partial charge in [0.2, 0.25) is 5.91 Å². The average molecular weight is 204 g/mol. The zero-order chi connectivity index (χ0) is 10.7. The molecule has 0 aromatic rings. The first-order valence-electron chi connectivity index (χ1n) is 4.30. The lowest BCUT2D eigenvalue weighted by molar-refractivity contribution is -0.153. The predicted molar refractivity (Wildman–Crippen MR) is 45.6 cm³/mol. The van der Waals surface area contributed by atoms with Gasteiger partial charge in [-0.2, -0.15) is 0 Å². The van der Waals surface area contributed by atoms with Gasteiger partial charge in [-0.25, -0.2) is 0 Å². The third-order valence-corrected chi connectivity index (χ3v) is 2.21. The SMILES string of the molecule is NC(=O)CC1[CH]OC(CO)C(O)C1O. The summed E-state index contributed by atoms with van der Waals surface area (Å²) in [5.41, 5.74) is 4.94. The van der Waals surface area contributed by atoms with Crippen LogP contribution in [0.2, 0.25) is 0 Å². The fourth-order valence-corrected chi connectivity index (χ4v) is 1.39. The van der Waals surface area contributed by atoms with E-state index in [4.69, 9.17) is 15.6 Å². The lowest BCUT2D eigenvalue weighted by atomic mass is 9.90. The average Bonchev–Trinajstić information content (AvgIpc) is 2.13. The molecule has 6 heteroatoms. The lowest BCUT2D eigenvalue weighted by Gasteiger charge is -2.35. The van der Waals surface area contributed by atoms with Crippen molar-refractivity contribution in [3.8, 4) is 0 Å². The Balaban J connectivity index is 2.54. The van der Waals surface area contributed by atoms with Crippen LogP contribution in [0.15, 0.2) is 0 Å². The molecule has 1 radical (unpaired) electrons. The van der Waals surface area contributed by atoms with Gasteiger partial charge in [0.15, 0.2) is 0 Å². The molecule has 0 aromatic carbocycles. The molecule has 1 saturated heterocycles. The van der Waals surface area contributed by atoms with Crippen molar-refractivity contribution in [2.75, 3.05) is 6.61 Å². The van der Waals surface area contributed by atoms with E-state index in [9.17, 15) is 15.0 Å². The fraction of sp³-hybridized carbons (Fsp3) is 0.750. The molecule has 0 aromatic heterocycles. The van der Waals surface area contributed by atoms with Crippen LogP contribution >= 0.6 is 0 Å². The summed E-state index contributed by atoms with van der Waals surface area (Å²) < 4.78 is 4.93. The molecule has 1 rings (SSSR count). The van der Waals surface area contributed by atoms with Crippen molar-refractivity contribution in [1.82, 2.24) is 0 Å². The Kier molecular flexibility index (Phi) is 3.82. The molecule has 0 spiro atoms. The highest BCUT2D eigenvalue weighted by atomic mass is 16.5. The minimum absolute atomic E-state index is 0.0869. The van der Waals surface area contributed by atoms with Crippen LogP contribution in [0.4, 0.5) is 0 Å². The maximum atomic E-state index is 10.6. The second-order valence-corrected chi connectivity index (χ2v) is 3.31. The van der Waals surface area contributed by atoms with Crippen molar-refractivity contribution in [2.24, 2.45) is 11.7 Å². The minimum atomic E-state index is -1.20. The van der Waals surface area contributed by atoms with Crippen LogP contribution in [-0.2, 0) is 9.53 Å². The van der Waals surface area contributed by atoms with Crippen LogP contribution < -0.4 is 5.73 Å². The standard InChI is InChI=1S/C8H14NO5/c9-6(11)1-4-3-14-5(2-10)8(13)7(4)12/h3-5,7-8,10,12-13H,1-2H2,(H2,9,11). The van der Waals surface area contributed by atoms with E-state index in [0.717, 1.165) is 0 Å². The van der Waals surface area contributed by atoms with E-state index in [-0.39, 0.29) is 6.42 Å². The van der Waals surface area contributed by atoms with Crippen molar-refractivity contribution in [2.45, 2.75) is 24.7 Å². The maximum absolute atomic E-state index is 10.6. The molecular formula is C8H14NO5. The van der Waals surface area contributed by atoms with Crippen molar-refractivity contribution in [1.29, 1.82) is 0 Å². The number of primary amides is 1. The summed E-state index contributed by atoms with van der Waals surface area (Å²) in [5.74, 6) is -1.20. The topological polar surface area (TPSA) is 113 Å². The van der Waals surface area contributed by atoms with Crippen LogP contribution in [-0.4, -0.2) is 46.1 Å². The van der Waals surface area contributed by atoms with E-state index < -0.39 is 36.7 Å².